The lowest BCUT2D eigenvalue weighted by Gasteiger charge is -2.12. The second-order valence-electron chi connectivity index (χ2n) is 5.05. The molecule has 1 aliphatic carbocycles. The molecular weight excluding hydrogens is 344 g/mol. The molecule has 1 fully saturated rings. The molecular formula is C15H14BrF2NS. The third kappa shape index (κ3) is 2.67. The Bertz CT molecular complexity index is 637. The highest BCUT2D eigenvalue weighted by Crippen LogP contribution is 2.44. The molecule has 1 N–H and O–H groups in total. The van der Waals surface area contributed by atoms with Gasteiger partial charge >= 0.3 is 0 Å². The minimum Gasteiger partial charge on any atom is -0.312 e. The zero-order valence-corrected chi connectivity index (χ0v) is 13.3. The molecule has 1 heterocycles. The molecule has 0 saturated heterocycles. The van der Waals surface area contributed by atoms with Crippen LogP contribution in [-0.2, 0) is 0 Å². The molecule has 0 spiro atoms. The van der Waals surface area contributed by atoms with Gasteiger partial charge in [-0.25, -0.2) is 8.78 Å². The van der Waals surface area contributed by atoms with Gasteiger partial charge in [0.25, 0.3) is 0 Å². The average Bonchev–Trinajstić information content (AvgIpc) is 3.13. The summed E-state index contributed by atoms with van der Waals surface area (Å²) in [6.45, 7) is 0. The first-order valence-electron chi connectivity index (χ1n) is 6.52. The van der Waals surface area contributed by atoms with E-state index in [1.54, 1.807) is 11.3 Å². The summed E-state index contributed by atoms with van der Waals surface area (Å²) >= 11 is 4.68. The van der Waals surface area contributed by atoms with Crippen molar-refractivity contribution in [1.82, 2.24) is 5.32 Å². The van der Waals surface area contributed by atoms with Gasteiger partial charge in [0, 0.05) is 27.4 Å². The minimum atomic E-state index is -0.575. The molecule has 3 rings (SSSR count). The summed E-state index contributed by atoms with van der Waals surface area (Å²) in [6, 6.07) is 6.73. The van der Waals surface area contributed by atoms with E-state index in [0.29, 0.717) is 17.5 Å². The minimum absolute atomic E-state index is 0.288. The molecule has 0 amide bonds. The van der Waals surface area contributed by atoms with E-state index in [1.165, 1.54) is 23.8 Å². The third-order valence-corrected chi connectivity index (χ3v) is 5.42. The summed E-state index contributed by atoms with van der Waals surface area (Å²) in [5.41, 5.74) is 0.445. The maximum absolute atomic E-state index is 13.9. The molecule has 1 aromatic carbocycles. The van der Waals surface area contributed by atoms with Gasteiger partial charge in [-0.1, -0.05) is 0 Å². The Balaban J connectivity index is 1.95. The van der Waals surface area contributed by atoms with Crippen molar-refractivity contribution < 1.29 is 8.78 Å². The van der Waals surface area contributed by atoms with Crippen LogP contribution in [-0.4, -0.2) is 7.05 Å². The van der Waals surface area contributed by atoms with Crippen LogP contribution in [0.15, 0.2) is 28.7 Å². The molecule has 20 heavy (non-hydrogen) atoms. The zero-order chi connectivity index (χ0) is 14.3. The Morgan fingerprint density at radius 2 is 2.00 bits per heavy atom. The Kier molecular flexibility index (Phi) is 3.93. The van der Waals surface area contributed by atoms with E-state index in [0.717, 1.165) is 10.9 Å². The monoisotopic (exact) mass is 357 g/mol. The van der Waals surface area contributed by atoms with Crippen molar-refractivity contribution in [2.75, 3.05) is 7.05 Å². The number of benzene rings is 1. The predicted molar refractivity (Wildman–Crippen MR) is 81.9 cm³/mol. The fourth-order valence-electron chi connectivity index (χ4n) is 2.42. The van der Waals surface area contributed by atoms with Crippen LogP contribution in [0.25, 0.3) is 10.4 Å². The van der Waals surface area contributed by atoms with E-state index < -0.39 is 11.6 Å². The van der Waals surface area contributed by atoms with Crippen molar-refractivity contribution in [2.24, 2.45) is 5.92 Å². The van der Waals surface area contributed by atoms with Gasteiger partial charge in [-0.3, -0.25) is 0 Å². The van der Waals surface area contributed by atoms with Crippen molar-refractivity contribution in [3.05, 3.63) is 45.2 Å². The Morgan fingerprint density at radius 3 is 2.65 bits per heavy atom. The number of rotatable bonds is 4. The highest BCUT2D eigenvalue weighted by Gasteiger charge is 2.32. The molecule has 5 heteroatoms. The maximum atomic E-state index is 13.9. The maximum Gasteiger partial charge on any atom is 0.140 e. The van der Waals surface area contributed by atoms with Crippen molar-refractivity contribution in [3.8, 4) is 10.4 Å². The van der Waals surface area contributed by atoms with E-state index in [-0.39, 0.29) is 4.47 Å². The number of nitrogens with one attached hydrogen (secondary N) is 1. The van der Waals surface area contributed by atoms with Gasteiger partial charge in [0.15, 0.2) is 0 Å². The van der Waals surface area contributed by atoms with Gasteiger partial charge in [-0.05, 0) is 59.9 Å². The average molecular weight is 358 g/mol. The molecule has 0 aliphatic heterocycles. The predicted octanol–water partition coefficient (Wildman–Crippen LogP) is 5.13. The van der Waals surface area contributed by atoms with Crippen LogP contribution in [0.4, 0.5) is 8.78 Å². The van der Waals surface area contributed by atoms with E-state index >= 15 is 0 Å². The second-order valence-corrected chi connectivity index (χ2v) is 7.02. The van der Waals surface area contributed by atoms with Gasteiger partial charge in [0.1, 0.15) is 11.6 Å². The molecule has 106 valence electrons. The van der Waals surface area contributed by atoms with E-state index in [2.05, 4.69) is 21.2 Å². The molecule has 2 aromatic rings. The molecule has 0 bridgehead atoms. The number of thiophene rings is 1. The largest absolute Gasteiger partial charge is 0.312 e. The summed E-state index contributed by atoms with van der Waals surface area (Å²) < 4.78 is 27.5. The summed E-state index contributed by atoms with van der Waals surface area (Å²) in [6.07, 6.45) is 2.49. The van der Waals surface area contributed by atoms with E-state index in [4.69, 9.17) is 0 Å². The van der Waals surface area contributed by atoms with Crippen LogP contribution < -0.4 is 5.32 Å². The molecule has 1 aromatic heterocycles. The lowest BCUT2D eigenvalue weighted by atomic mass is 10.1. The summed E-state index contributed by atoms with van der Waals surface area (Å²) in [7, 11) is 1.96. The Morgan fingerprint density at radius 1 is 1.25 bits per heavy atom. The standard InChI is InChI=1S/C15H14BrF2NS/c1-19-15(8-2-3-8)14-5-4-13(20-14)9-6-10(16)12(18)7-11(9)17/h4-8,15,19H,2-3H2,1H3. The van der Waals surface area contributed by atoms with Crippen LogP contribution in [0, 0.1) is 17.6 Å². The lowest BCUT2D eigenvalue weighted by molar-refractivity contribution is 0.537. The first-order chi connectivity index (χ1) is 9.60. The molecule has 1 aliphatic rings. The van der Waals surface area contributed by atoms with Crippen molar-refractivity contribution in [3.63, 3.8) is 0 Å². The fourth-order valence-corrected chi connectivity index (χ4v) is 3.99. The summed E-state index contributed by atoms with van der Waals surface area (Å²) in [4.78, 5) is 2.05. The fraction of sp³-hybridized carbons (Fsp3) is 0.333. The van der Waals surface area contributed by atoms with Gasteiger partial charge in [0.2, 0.25) is 0 Å². The molecule has 0 radical (unpaired) electrons. The van der Waals surface area contributed by atoms with Crippen LogP contribution in [0.1, 0.15) is 23.8 Å². The lowest BCUT2D eigenvalue weighted by Crippen LogP contribution is -2.16. The van der Waals surface area contributed by atoms with Crippen molar-refractivity contribution in [2.45, 2.75) is 18.9 Å². The number of halogens is 3. The smallest absolute Gasteiger partial charge is 0.140 e. The topological polar surface area (TPSA) is 12.0 Å². The van der Waals surface area contributed by atoms with E-state index in [9.17, 15) is 8.78 Å². The van der Waals surface area contributed by atoms with Crippen LogP contribution >= 0.6 is 27.3 Å². The van der Waals surface area contributed by atoms with Gasteiger partial charge < -0.3 is 5.32 Å². The quantitative estimate of drug-likeness (QED) is 0.748. The van der Waals surface area contributed by atoms with Crippen LogP contribution in [0.2, 0.25) is 0 Å². The number of hydrogen-bond acceptors (Lipinski definition) is 2. The highest BCUT2D eigenvalue weighted by molar-refractivity contribution is 9.10. The SMILES string of the molecule is CNC(c1ccc(-c2cc(Br)c(F)cc2F)s1)C1CC1. The van der Waals surface area contributed by atoms with Gasteiger partial charge in [-0.2, -0.15) is 0 Å². The molecule has 1 atom stereocenters. The molecule has 1 unspecified atom stereocenters. The highest BCUT2D eigenvalue weighted by atomic mass is 79.9. The second kappa shape index (κ2) is 5.54. The Labute approximate surface area is 129 Å². The third-order valence-electron chi connectivity index (χ3n) is 3.61. The molecule has 1 nitrogen and oxygen atoms in total. The van der Waals surface area contributed by atoms with E-state index in [1.807, 2.05) is 19.2 Å². The zero-order valence-electron chi connectivity index (χ0n) is 10.9. The normalized spacial score (nSPS) is 16.4. The first kappa shape index (κ1) is 14.2. The first-order valence-corrected chi connectivity index (χ1v) is 8.13. The number of hydrogen-bond donors (Lipinski definition) is 1. The molecule has 1 saturated carbocycles. The van der Waals surface area contributed by atoms with Crippen LogP contribution in [0.5, 0.6) is 0 Å². The van der Waals surface area contributed by atoms with Crippen molar-refractivity contribution in [1.29, 1.82) is 0 Å². The summed E-state index contributed by atoms with van der Waals surface area (Å²) in [5, 5.41) is 3.33. The van der Waals surface area contributed by atoms with Gasteiger partial charge in [-0.15, -0.1) is 11.3 Å². The van der Waals surface area contributed by atoms with Gasteiger partial charge in [0.05, 0.1) is 4.47 Å². The summed E-state index contributed by atoms with van der Waals surface area (Å²) in [5.74, 6) is -0.406. The van der Waals surface area contributed by atoms with Crippen LogP contribution in [0.3, 0.4) is 0 Å². The Hall–Kier alpha value is -0.780. The van der Waals surface area contributed by atoms with Crippen molar-refractivity contribution >= 4 is 27.3 Å².